The van der Waals surface area contributed by atoms with Crippen molar-refractivity contribution in [2.24, 2.45) is 0 Å². The lowest BCUT2D eigenvalue weighted by atomic mass is 10.1. The summed E-state index contributed by atoms with van der Waals surface area (Å²) in [7, 11) is 0. The van der Waals surface area contributed by atoms with Crippen LogP contribution in [0, 0.1) is 13.8 Å². The van der Waals surface area contributed by atoms with Crippen LogP contribution >= 0.6 is 11.8 Å². The normalized spacial score (nSPS) is 21.7. The highest BCUT2D eigenvalue weighted by Gasteiger charge is 2.41. The lowest BCUT2D eigenvalue weighted by Gasteiger charge is -2.20. The molecule has 0 spiro atoms. The monoisotopic (exact) mass is 388 g/mol. The van der Waals surface area contributed by atoms with E-state index in [0.717, 1.165) is 11.1 Å². The molecule has 1 heterocycles. The van der Waals surface area contributed by atoms with Crippen molar-refractivity contribution >= 4 is 23.7 Å². The third-order valence-corrected chi connectivity index (χ3v) is 5.73. The van der Waals surface area contributed by atoms with Gasteiger partial charge in [-0.25, -0.2) is 14.0 Å². The molecule has 0 aromatic heterocycles. The summed E-state index contributed by atoms with van der Waals surface area (Å²) in [5.74, 6) is -0.833. The number of halogens is 1. The van der Waals surface area contributed by atoms with E-state index in [-0.39, 0.29) is 12.4 Å². The maximum Gasteiger partial charge on any atom is 0.338 e. The third-order valence-electron chi connectivity index (χ3n) is 4.39. The molecule has 3 rings (SSSR count). The van der Waals surface area contributed by atoms with Gasteiger partial charge in [0.25, 0.3) is 0 Å². The Hall–Kier alpha value is -2.34. The predicted molar refractivity (Wildman–Crippen MR) is 103 cm³/mol. The van der Waals surface area contributed by atoms with Crippen molar-refractivity contribution < 1.29 is 23.5 Å². The Labute approximate surface area is 162 Å². The van der Waals surface area contributed by atoms with Crippen molar-refractivity contribution in [3.05, 3.63) is 70.8 Å². The number of rotatable bonds is 5. The van der Waals surface area contributed by atoms with Gasteiger partial charge in [0.2, 0.25) is 0 Å². The summed E-state index contributed by atoms with van der Waals surface area (Å²) < 4.78 is 24.9. The Morgan fingerprint density at radius 1 is 0.963 bits per heavy atom. The van der Waals surface area contributed by atoms with Crippen molar-refractivity contribution in [1.29, 1.82) is 0 Å². The molecule has 142 valence electrons. The van der Waals surface area contributed by atoms with E-state index < -0.39 is 29.5 Å². The summed E-state index contributed by atoms with van der Waals surface area (Å²) in [6, 6.07) is 13.9. The number of aryl methyl sites for hydroxylation is 2. The average Bonchev–Trinajstić information content (AvgIpc) is 3.00. The number of hydrogen-bond acceptors (Lipinski definition) is 5. The topological polar surface area (TPSA) is 52.6 Å². The van der Waals surface area contributed by atoms with E-state index in [0.29, 0.717) is 11.1 Å². The van der Waals surface area contributed by atoms with Crippen LogP contribution in [0.2, 0.25) is 0 Å². The molecular formula is C21H21FO4S. The predicted octanol–water partition coefficient (Wildman–Crippen LogP) is 4.14. The van der Waals surface area contributed by atoms with Gasteiger partial charge in [0, 0.05) is 5.75 Å². The highest BCUT2D eigenvalue weighted by molar-refractivity contribution is 8.00. The van der Waals surface area contributed by atoms with Crippen LogP contribution in [0.3, 0.4) is 0 Å². The van der Waals surface area contributed by atoms with Crippen molar-refractivity contribution in [3.8, 4) is 0 Å². The summed E-state index contributed by atoms with van der Waals surface area (Å²) in [5.41, 5.74) is 2.88. The minimum absolute atomic E-state index is 0.0103. The first-order chi connectivity index (χ1) is 12.9. The van der Waals surface area contributed by atoms with E-state index in [1.807, 2.05) is 26.0 Å². The molecule has 3 atom stereocenters. The van der Waals surface area contributed by atoms with E-state index in [2.05, 4.69) is 0 Å². The van der Waals surface area contributed by atoms with Gasteiger partial charge in [-0.1, -0.05) is 35.4 Å². The lowest BCUT2D eigenvalue weighted by molar-refractivity contribution is 0.00476. The first-order valence-corrected chi connectivity index (χ1v) is 9.76. The standard InChI is InChI=1S/C21H21FO4S/c1-13-3-7-15(8-4-13)20(23)25-11-18-19(17(22)12-27-18)26-21(24)16-9-5-14(2)6-10-16/h3-10,17-19H,11-12H2,1-2H3/t17-,18+,19+/m1/s1. The number of carbonyl (C=O) groups excluding carboxylic acids is 2. The molecule has 1 saturated heterocycles. The molecule has 1 aliphatic heterocycles. The van der Waals surface area contributed by atoms with Crippen LogP contribution in [-0.4, -0.2) is 41.8 Å². The van der Waals surface area contributed by atoms with Gasteiger partial charge in [-0.2, -0.15) is 0 Å². The van der Waals surface area contributed by atoms with Crippen molar-refractivity contribution in [2.45, 2.75) is 31.4 Å². The average molecular weight is 388 g/mol. The quantitative estimate of drug-likeness (QED) is 0.721. The molecule has 1 aliphatic rings. The summed E-state index contributed by atoms with van der Waals surface area (Å²) in [6.07, 6.45) is -2.22. The fourth-order valence-corrected chi connectivity index (χ4v) is 3.94. The third kappa shape index (κ3) is 4.89. The van der Waals surface area contributed by atoms with Gasteiger partial charge in [-0.15, -0.1) is 11.8 Å². The molecule has 2 aromatic carbocycles. The second-order valence-corrected chi connectivity index (χ2v) is 7.86. The Balaban J connectivity index is 1.59. The minimum atomic E-state index is -1.28. The molecule has 0 amide bonds. The van der Waals surface area contributed by atoms with Crippen LogP contribution < -0.4 is 0 Å². The second kappa shape index (κ2) is 8.57. The van der Waals surface area contributed by atoms with Gasteiger partial charge >= 0.3 is 11.9 Å². The molecule has 2 aromatic rings. The zero-order valence-electron chi connectivity index (χ0n) is 15.2. The number of alkyl halides is 1. The van der Waals surface area contributed by atoms with Crippen LogP contribution in [0.15, 0.2) is 48.5 Å². The summed E-state index contributed by atoms with van der Waals surface area (Å²) >= 11 is 1.31. The zero-order chi connectivity index (χ0) is 19.4. The molecular weight excluding hydrogens is 367 g/mol. The fraction of sp³-hybridized carbons (Fsp3) is 0.333. The Morgan fingerprint density at radius 3 is 2.04 bits per heavy atom. The molecule has 6 heteroatoms. The summed E-state index contributed by atoms with van der Waals surface area (Å²) in [5, 5.41) is -0.427. The fourth-order valence-electron chi connectivity index (χ4n) is 2.74. The van der Waals surface area contributed by atoms with Gasteiger partial charge in [0.15, 0.2) is 0 Å². The van der Waals surface area contributed by atoms with Crippen molar-refractivity contribution in [1.82, 2.24) is 0 Å². The minimum Gasteiger partial charge on any atom is -0.461 e. The van der Waals surface area contributed by atoms with E-state index in [1.165, 1.54) is 11.8 Å². The number of benzene rings is 2. The van der Waals surface area contributed by atoms with Crippen molar-refractivity contribution in [3.63, 3.8) is 0 Å². The molecule has 0 saturated carbocycles. The van der Waals surface area contributed by atoms with E-state index in [4.69, 9.17) is 9.47 Å². The highest BCUT2D eigenvalue weighted by Crippen LogP contribution is 2.32. The van der Waals surface area contributed by atoms with Gasteiger partial charge in [0.05, 0.1) is 16.4 Å². The van der Waals surface area contributed by atoms with E-state index in [9.17, 15) is 14.0 Å². The molecule has 0 bridgehead atoms. The Bertz CT molecular complexity index is 804. The number of hydrogen-bond donors (Lipinski definition) is 0. The number of esters is 2. The molecule has 0 unspecified atom stereocenters. The summed E-state index contributed by atoms with van der Waals surface area (Å²) in [6.45, 7) is 3.83. The molecule has 0 N–H and O–H groups in total. The lowest BCUT2D eigenvalue weighted by Crippen LogP contribution is -2.35. The van der Waals surface area contributed by atoms with Crippen LogP contribution in [0.25, 0.3) is 0 Å². The number of ether oxygens (including phenoxy) is 2. The van der Waals surface area contributed by atoms with Crippen molar-refractivity contribution in [2.75, 3.05) is 12.4 Å². The molecule has 27 heavy (non-hydrogen) atoms. The van der Waals surface area contributed by atoms with E-state index in [1.54, 1.807) is 36.4 Å². The van der Waals surface area contributed by atoms with Crippen LogP contribution in [0.1, 0.15) is 31.8 Å². The zero-order valence-corrected chi connectivity index (χ0v) is 16.0. The first kappa shape index (κ1) is 19.4. The summed E-state index contributed by atoms with van der Waals surface area (Å²) in [4.78, 5) is 24.4. The van der Waals surface area contributed by atoms with E-state index >= 15 is 0 Å². The maximum absolute atomic E-state index is 14.2. The Morgan fingerprint density at radius 2 is 1.48 bits per heavy atom. The number of thioether (sulfide) groups is 1. The SMILES string of the molecule is Cc1ccc(C(=O)OC[C@@H]2SC[C@@H](F)[C@@H]2OC(=O)c2ccc(C)cc2)cc1. The number of carbonyl (C=O) groups is 2. The van der Waals surface area contributed by atoms with Gasteiger partial charge < -0.3 is 9.47 Å². The smallest absolute Gasteiger partial charge is 0.338 e. The highest BCUT2D eigenvalue weighted by atomic mass is 32.2. The largest absolute Gasteiger partial charge is 0.461 e. The van der Waals surface area contributed by atoms with Gasteiger partial charge in [0.1, 0.15) is 18.9 Å². The van der Waals surface area contributed by atoms with Crippen LogP contribution in [0.4, 0.5) is 4.39 Å². The molecule has 0 aliphatic carbocycles. The van der Waals surface area contributed by atoms with Gasteiger partial charge in [-0.3, -0.25) is 0 Å². The van der Waals surface area contributed by atoms with Gasteiger partial charge in [-0.05, 0) is 38.1 Å². The second-order valence-electron chi connectivity index (χ2n) is 6.59. The molecule has 0 radical (unpaired) electrons. The Kier molecular flexibility index (Phi) is 6.16. The van der Waals surface area contributed by atoms with Crippen LogP contribution in [0.5, 0.6) is 0 Å². The molecule has 1 fully saturated rings. The first-order valence-electron chi connectivity index (χ1n) is 8.71. The van der Waals surface area contributed by atoms with Crippen LogP contribution in [-0.2, 0) is 9.47 Å². The maximum atomic E-state index is 14.2. The molecule has 4 nitrogen and oxygen atoms in total.